The third-order valence-electron chi connectivity index (χ3n) is 7.06. The number of carbonyl (C=O) groups is 1. The second kappa shape index (κ2) is 32.7. The molecule has 0 aromatic carbocycles. The first-order valence-electron chi connectivity index (χ1n) is 16.4. The van der Waals surface area contributed by atoms with Gasteiger partial charge in [0.25, 0.3) is 0 Å². The van der Waals surface area contributed by atoms with Crippen LogP contribution in [-0.2, 0) is 4.79 Å². The molecule has 37 heavy (non-hydrogen) atoms. The lowest BCUT2D eigenvalue weighted by molar-refractivity contribution is -0.119. The second-order valence-electron chi connectivity index (χ2n) is 10.9. The van der Waals surface area contributed by atoms with Crippen molar-refractivity contribution in [1.82, 2.24) is 0 Å². The summed E-state index contributed by atoms with van der Waals surface area (Å²) in [7, 11) is 0. The number of rotatable bonds is 29. The SMILES string of the molecule is CCCCC/C=C\C/C=C\CCCCCCCCC(=O)CCCCCCC/C=C\C/C=C\CCCCC. The van der Waals surface area contributed by atoms with Crippen LogP contribution in [0.1, 0.15) is 174 Å². The highest BCUT2D eigenvalue weighted by Crippen LogP contribution is 2.13. The van der Waals surface area contributed by atoms with Gasteiger partial charge in [-0.2, -0.15) is 0 Å². The van der Waals surface area contributed by atoms with Crippen molar-refractivity contribution >= 4 is 5.78 Å². The molecule has 0 rings (SSSR count). The predicted molar refractivity (Wildman–Crippen MR) is 168 cm³/mol. The van der Waals surface area contributed by atoms with Gasteiger partial charge in [0, 0.05) is 12.8 Å². The molecular formula is C36H64O. The summed E-state index contributed by atoms with van der Waals surface area (Å²) in [5.41, 5.74) is 0. The minimum atomic E-state index is 0.496. The van der Waals surface area contributed by atoms with Crippen molar-refractivity contribution in [3.63, 3.8) is 0 Å². The van der Waals surface area contributed by atoms with E-state index >= 15 is 0 Å². The van der Waals surface area contributed by atoms with Gasteiger partial charge >= 0.3 is 0 Å². The summed E-state index contributed by atoms with van der Waals surface area (Å²) < 4.78 is 0. The molecule has 0 atom stereocenters. The average molecular weight is 513 g/mol. The predicted octanol–water partition coefficient (Wildman–Crippen LogP) is 12.6. The van der Waals surface area contributed by atoms with Crippen LogP contribution in [0.25, 0.3) is 0 Å². The third-order valence-corrected chi connectivity index (χ3v) is 7.06. The summed E-state index contributed by atoms with van der Waals surface area (Å²) in [6.07, 6.45) is 49.1. The molecule has 0 radical (unpaired) electrons. The van der Waals surface area contributed by atoms with Crippen LogP contribution in [0.4, 0.5) is 0 Å². The van der Waals surface area contributed by atoms with E-state index in [0.717, 1.165) is 38.5 Å². The van der Waals surface area contributed by atoms with E-state index in [9.17, 15) is 4.79 Å². The van der Waals surface area contributed by atoms with E-state index < -0.39 is 0 Å². The van der Waals surface area contributed by atoms with Gasteiger partial charge in [-0.15, -0.1) is 0 Å². The van der Waals surface area contributed by atoms with Crippen LogP contribution < -0.4 is 0 Å². The molecule has 0 N–H and O–H groups in total. The molecule has 0 saturated carbocycles. The summed E-state index contributed by atoms with van der Waals surface area (Å²) in [5.74, 6) is 0.496. The minimum Gasteiger partial charge on any atom is -0.300 e. The van der Waals surface area contributed by atoms with Crippen LogP contribution in [0.15, 0.2) is 48.6 Å². The molecule has 0 unspecified atom stereocenters. The highest BCUT2D eigenvalue weighted by atomic mass is 16.1. The van der Waals surface area contributed by atoms with Gasteiger partial charge in [-0.25, -0.2) is 0 Å². The normalized spacial score (nSPS) is 12.3. The van der Waals surface area contributed by atoms with Crippen molar-refractivity contribution in [3.05, 3.63) is 48.6 Å². The van der Waals surface area contributed by atoms with Gasteiger partial charge < -0.3 is 0 Å². The van der Waals surface area contributed by atoms with Gasteiger partial charge in [0.15, 0.2) is 0 Å². The van der Waals surface area contributed by atoms with Crippen molar-refractivity contribution < 1.29 is 4.79 Å². The zero-order chi connectivity index (χ0) is 26.9. The quantitative estimate of drug-likeness (QED) is 0.0719. The van der Waals surface area contributed by atoms with Crippen LogP contribution in [0.3, 0.4) is 0 Å². The molecule has 0 amide bonds. The van der Waals surface area contributed by atoms with Gasteiger partial charge in [-0.1, -0.05) is 133 Å². The summed E-state index contributed by atoms with van der Waals surface area (Å²) >= 11 is 0. The summed E-state index contributed by atoms with van der Waals surface area (Å²) in [6, 6.07) is 0. The highest BCUT2D eigenvalue weighted by Gasteiger charge is 2.02. The average Bonchev–Trinajstić information content (AvgIpc) is 2.90. The fourth-order valence-electron chi connectivity index (χ4n) is 4.57. The molecule has 0 saturated heterocycles. The number of hydrogen-bond acceptors (Lipinski definition) is 1. The first kappa shape index (κ1) is 35.6. The Labute approximate surface area is 233 Å². The zero-order valence-electron chi connectivity index (χ0n) is 25.2. The number of ketones is 1. The van der Waals surface area contributed by atoms with E-state index in [1.54, 1.807) is 0 Å². The number of unbranched alkanes of at least 4 members (excludes halogenated alkanes) is 17. The van der Waals surface area contributed by atoms with Gasteiger partial charge in [0.2, 0.25) is 0 Å². The van der Waals surface area contributed by atoms with Crippen LogP contribution >= 0.6 is 0 Å². The molecule has 0 bridgehead atoms. The Hall–Kier alpha value is -1.37. The Morgan fingerprint density at radius 2 is 0.676 bits per heavy atom. The van der Waals surface area contributed by atoms with Crippen LogP contribution in [-0.4, -0.2) is 5.78 Å². The van der Waals surface area contributed by atoms with Crippen molar-refractivity contribution in [1.29, 1.82) is 0 Å². The standard InChI is InChI=1S/C36H64O/c1-3-5-7-9-11-13-15-17-19-21-23-25-27-29-31-33-35-36(37)34-32-30-28-26-24-22-20-18-16-14-12-10-8-6-4-2/h11-14,17-20H,3-10,15-16,21-35H2,1-2H3/b13-11-,14-12-,19-17-,20-18-. The molecule has 0 aliphatic rings. The number of allylic oxidation sites excluding steroid dienone is 8. The van der Waals surface area contributed by atoms with Crippen LogP contribution in [0, 0.1) is 0 Å². The molecule has 0 aliphatic carbocycles. The maximum absolute atomic E-state index is 12.1. The van der Waals surface area contributed by atoms with E-state index in [1.807, 2.05) is 0 Å². The molecular weight excluding hydrogens is 448 g/mol. The largest absolute Gasteiger partial charge is 0.300 e. The Balaban J connectivity index is 3.30. The topological polar surface area (TPSA) is 17.1 Å². The Morgan fingerprint density at radius 3 is 1.03 bits per heavy atom. The van der Waals surface area contributed by atoms with Gasteiger partial charge in [-0.05, 0) is 77.0 Å². The molecule has 0 spiro atoms. The smallest absolute Gasteiger partial charge is 0.132 e. The van der Waals surface area contributed by atoms with E-state index in [0.29, 0.717) is 5.78 Å². The van der Waals surface area contributed by atoms with E-state index in [1.165, 1.54) is 122 Å². The first-order chi connectivity index (χ1) is 18.3. The Kier molecular flexibility index (Phi) is 31.4. The molecule has 0 aliphatic heterocycles. The van der Waals surface area contributed by atoms with Gasteiger partial charge in [0.1, 0.15) is 5.78 Å². The van der Waals surface area contributed by atoms with Gasteiger partial charge in [-0.3, -0.25) is 4.79 Å². The maximum atomic E-state index is 12.1. The lowest BCUT2D eigenvalue weighted by Crippen LogP contribution is -1.97. The maximum Gasteiger partial charge on any atom is 0.132 e. The minimum absolute atomic E-state index is 0.496. The van der Waals surface area contributed by atoms with E-state index in [4.69, 9.17) is 0 Å². The fraction of sp³-hybridized carbons (Fsp3) is 0.750. The van der Waals surface area contributed by atoms with Crippen molar-refractivity contribution in [2.45, 2.75) is 174 Å². The number of Topliss-reactive ketones (excluding diaryl/α,β-unsaturated/α-hetero) is 1. The van der Waals surface area contributed by atoms with Crippen molar-refractivity contribution in [3.8, 4) is 0 Å². The second-order valence-corrected chi connectivity index (χ2v) is 10.9. The zero-order valence-corrected chi connectivity index (χ0v) is 25.2. The van der Waals surface area contributed by atoms with Crippen molar-refractivity contribution in [2.24, 2.45) is 0 Å². The van der Waals surface area contributed by atoms with Crippen LogP contribution in [0.2, 0.25) is 0 Å². The lowest BCUT2D eigenvalue weighted by atomic mass is 10.0. The van der Waals surface area contributed by atoms with Crippen molar-refractivity contribution in [2.75, 3.05) is 0 Å². The lowest BCUT2D eigenvalue weighted by Gasteiger charge is -2.03. The monoisotopic (exact) mass is 512 g/mol. The highest BCUT2D eigenvalue weighted by molar-refractivity contribution is 5.78. The Bertz CT molecular complexity index is 565. The van der Waals surface area contributed by atoms with Gasteiger partial charge in [0.05, 0.1) is 0 Å². The summed E-state index contributed by atoms with van der Waals surface area (Å²) in [6.45, 7) is 4.51. The molecule has 214 valence electrons. The molecule has 0 aromatic heterocycles. The summed E-state index contributed by atoms with van der Waals surface area (Å²) in [5, 5.41) is 0. The van der Waals surface area contributed by atoms with Crippen LogP contribution in [0.5, 0.6) is 0 Å². The molecule has 0 fully saturated rings. The van der Waals surface area contributed by atoms with E-state index in [2.05, 4.69) is 62.5 Å². The number of carbonyl (C=O) groups excluding carboxylic acids is 1. The number of hydrogen-bond donors (Lipinski definition) is 0. The fourth-order valence-corrected chi connectivity index (χ4v) is 4.57. The van der Waals surface area contributed by atoms with E-state index in [-0.39, 0.29) is 0 Å². The Morgan fingerprint density at radius 1 is 0.378 bits per heavy atom. The molecule has 0 aromatic rings. The third kappa shape index (κ3) is 32.6. The first-order valence-corrected chi connectivity index (χ1v) is 16.4. The molecule has 1 nitrogen and oxygen atoms in total. The molecule has 0 heterocycles. The molecule has 1 heteroatoms. The summed E-state index contributed by atoms with van der Waals surface area (Å²) in [4.78, 5) is 12.1.